The van der Waals surface area contributed by atoms with Crippen molar-refractivity contribution in [3.05, 3.63) is 11.6 Å². The lowest BCUT2D eigenvalue weighted by Crippen LogP contribution is -2.65. The summed E-state index contributed by atoms with van der Waals surface area (Å²) in [4.78, 5) is 28.1. The molecule has 5 fully saturated rings. The molecule has 1 N–H and O–H groups in total. The Bertz CT molecular complexity index is 1140. The van der Waals surface area contributed by atoms with Crippen LogP contribution in [0.3, 0.4) is 0 Å². The summed E-state index contributed by atoms with van der Waals surface area (Å²) in [6, 6.07) is 0. The Kier molecular flexibility index (Phi) is 7.33. The van der Waals surface area contributed by atoms with E-state index in [1.165, 1.54) is 12.0 Å². The zero-order valence-electron chi connectivity index (χ0n) is 27.5. The summed E-state index contributed by atoms with van der Waals surface area (Å²) in [6.07, 6.45) is 12.5. The molecule has 0 bridgehead atoms. The van der Waals surface area contributed by atoms with Crippen LogP contribution in [0.4, 0.5) is 0 Å². The Morgan fingerprint density at radius 1 is 0.929 bits per heavy atom. The van der Waals surface area contributed by atoms with Crippen molar-refractivity contribution in [3.63, 3.8) is 0 Å². The van der Waals surface area contributed by atoms with Crippen molar-refractivity contribution < 1.29 is 24.2 Å². The van der Waals surface area contributed by atoms with E-state index in [0.717, 1.165) is 70.9 Å². The van der Waals surface area contributed by atoms with Gasteiger partial charge in [0.2, 0.25) is 0 Å². The highest BCUT2D eigenvalue weighted by Gasteiger charge is 2.69. The predicted octanol–water partition coefficient (Wildman–Crippen LogP) is 7.12. The van der Waals surface area contributed by atoms with Gasteiger partial charge in [0.25, 0.3) is 0 Å². The SMILES string of the molecule is CC1(C)CC[C@]2(C(=O)O)CC[C@]3(C)C(=CC[C@@H]4[C@@]5(C)CC[C@H](OC(=O)CN6CCOCC6)C(C)(C)[C@@H]5CC[C@]43C)[C@@H]2C1. The third-order valence-electron chi connectivity index (χ3n) is 14.7. The molecule has 5 aliphatic carbocycles. The molecule has 6 heteroatoms. The number of morpholine rings is 1. The molecule has 1 heterocycles. The summed E-state index contributed by atoms with van der Waals surface area (Å²) < 4.78 is 11.7. The van der Waals surface area contributed by atoms with E-state index >= 15 is 0 Å². The summed E-state index contributed by atoms with van der Waals surface area (Å²) in [6.45, 7) is 20.4. The molecule has 8 atom stereocenters. The molecule has 0 aromatic rings. The van der Waals surface area contributed by atoms with Crippen LogP contribution in [-0.2, 0) is 19.1 Å². The number of carbonyl (C=O) groups is 2. The van der Waals surface area contributed by atoms with Crippen LogP contribution in [0.5, 0.6) is 0 Å². The molecular weight excluding hydrogens is 526 g/mol. The van der Waals surface area contributed by atoms with Crippen LogP contribution in [0.15, 0.2) is 11.6 Å². The molecule has 6 nitrogen and oxygen atoms in total. The van der Waals surface area contributed by atoms with Gasteiger partial charge in [-0.2, -0.15) is 0 Å². The van der Waals surface area contributed by atoms with Gasteiger partial charge < -0.3 is 14.6 Å². The zero-order chi connectivity index (χ0) is 30.3. The first-order valence-electron chi connectivity index (χ1n) is 17.0. The molecule has 0 spiro atoms. The molecule has 0 aromatic heterocycles. The molecule has 1 saturated heterocycles. The summed E-state index contributed by atoms with van der Waals surface area (Å²) in [5.74, 6) is 0.551. The first-order chi connectivity index (χ1) is 19.6. The van der Waals surface area contributed by atoms with Gasteiger partial charge in [-0.25, -0.2) is 0 Å². The molecule has 4 saturated carbocycles. The topological polar surface area (TPSA) is 76.1 Å². The number of aliphatic carboxylic acids is 1. The summed E-state index contributed by atoms with van der Waals surface area (Å²) >= 11 is 0. The maximum absolute atomic E-state index is 13.1. The lowest BCUT2D eigenvalue weighted by Gasteiger charge is -2.71. The van der Waals surface area contributed by atoms with Crippen LogP contribution in [0.2, 0.25) is 0 Å². The second kappa shape index (κ2) is 10.1. The van der Waals surface area contributed by atoms with E-state index in [9.17, 15) is 14.7 Å². The summed E-state index contributed by atoms with van der Waals surface area (Å²) in [5, 5.41) is 10.6. The lowest BCUT2D eigenvalue weighted by molar-refractivity contribution is -0.214. The Balaban J connectivity index is 1.27. The van der Waals surface area contributed by atoms with Crippen molar-refractivity contribution in [2.24, 2.45) is 50.2 Å². The minimum absolute atomic E-state index is 0.0343. The van der Waals surface area contributed by atoms with Gasteiger partial charge in [0, 0.05) is 18.5 Å². The largest absolute Gasteiger partial charge is 0.481 e. The van der Waals surface area contributed by atoms with Gasteiger partial charge in [-0.05, 0) is 104 Å². The number of carboxylic acids is 1. The quantitative estimate of drug-likeness (QED) is 0.281. The highest BCUT2D eigenvalue weighted by atomic mass is 16.5. The number of carbonyl (C=O) groups excluding carboxylic acids is 1. The molecule has 236 valence electrons. The number of hydrogen-bond acceptors (Lipinski definition) is 5. The number of rotatable bonds is 4. The zero-order valence-corrected chi connectivity index (χ0v) is 27.5. The monoisotopic (exact) mass is 583 g/mol. The normalized spacial score (nSPS) is 46.2. The van der Waals surface area contributed by atoms with E-state index in [0.29, 0.717) is 31.6 Å². The molecule has 42 heavy (non-hydrogen) atoms. The minimum Gasteiger partial charge on any atom is -0.481 e. The van der Waals surface area contributed by atoms with Gasteiger partial charge in [0.1, 0.15) is 6.10 Å². The van der Waals surface area contributed by atoms with Crippen molar-refractivity contribution in [1.82, 2.24) is 4.90 Å². The van der Waals surface area contributed by atoms with Gasteiger partial charge in [-0.1, -0.05) is 60.1 Å². The first-order valence-corrected chi connectivity index (χ1v) is 17.0. The van der Waals surface area contributed by atoms with Crippen molar-refractivity contribution in [2.75, 3.05) is 32.8 Å². The third kappa shape index (κ3) is 4.38. The highest BCUT2D eigenvalue weighted by Crippen LogP contribution is 2.75. The second-order valence-corrected chi connectivity index (χ2v) is 17.4. The van der Waals surface area contributed by atoms with Crippen molar-refractivity contribution in [3.8, 4) is 0 Å². The number of ether oxygens (including phenoxy) is 2. The van der Waals surface area contributed by atoms with Crippen molar-refractivity contribution in [1.29, 1.82) is 0 Å². The summed E-state index contributed by atoms with van der Waals surface area (Å²) in [7, 11) is 0. The molecule has 0 unspecified atom stereocenters. The van der Waals surface area contributed by atoms with Crippen molar-refractivity contribution >= 4 is 11.9 Å². The average molecular weight is 584 g/mol. The van der Waals surface area contributed by atoms with Crippen LogP contribution < -0.4 is 0 Å². The Morgan fingerprint density at radius 2 is 1.62 bits per heavy atom. The van der Waals surface area contributed by atoms with E-state index in [4.69, 9.17) is 9.47 Å². The standard InChI is InChI=1S/C36H57NO5/c1-31(2)14-16-36(30(39)40)17-15-34(6)24(25(36)22-31)8-9-27-33(5)12-11-28(32(3,4)26(33)10-13-35(27,34)7)42-29(38)23-37-18-20-41-21-19-37/h8,25-28H,9-23H2,1-7H3,(H,39,40)/t25-,26-,27+,28-,33-,34+,35+,36-/m0/s1. The molecule has 0 radical (unpaired) electrons. The maximum Gasteiger partial charge on any atom is 0.320 e. The Hall–Kier alpha value is -1.40. The second-order valence-electron chi connectivity index (χ2n) is 17.4. The Morgan fingerprint density at radius 3 is 2.31 bits per heavy atom. The highest BCUT2D eigenvalue weighted by molar-refractivity contribution is 5.76. The average Bonchev–Trinajstić information content (AvgIpc) is 2.91. The number of nitrogens with zero attached hydrogens (tertiary/aromatic N) is 1. The molecule has 6 aliphatic rings. The van der Waals surface area contributed by atoms with E-state index in [1.807, 2.05) is 0 Å². The maximum atomic E-state index is 13.1. The summed E-state index contributed by atoms with van der Waals surface area (Å²) in [5.41, 5.74) is 1.36. The van der Waals surface area contributed by atoms with Crippen LogP contribution in [0.1, 0.15) is 113 Å². The predicted molar refractivity (Wildman–Crippen MR) is 164 cm³/mol. The molecule has 6 rings (SSSR count). The van der Waals surface area contributed by atoms with Crippen LogP contribution in [-0.4, -0.2) is 60.9 Å². The van der Waals surface area contributed by atoms with Crippen LogP contribution >= 0.6 is 0 Å². The molecular formula is C36H57NO5. The van der Waals surface area contributed by atoms with Crippen LogP contribution in [0, 0.1) is 50.2 Å². The van der Waals surface area contributed by atoms with Gasteiger partial charge in [-0.3, -0.25) is 14.5 Å². The fourth-order valence-corrected chi connectivity index (χ4v) is 12.0. The third-order valence-corrected chi connectivity index (χ3v) is 14.7. The molecule has 1 aliphatic heterocycles. The van der Waals surface area contributed by atoms with Gasteiger partial charge in [0.05, 0.1) is 25.2 Å². The number of esters is 1. The van der Waals surface area contributed by atoms with Crippen molar-refractivity contribution in [2.45, 2.75) is 119 Å². The lowest BCUT2D eigenvalue weighted by atomic mass is 9.33. The van der Waals surface area contributed by atoms with E-state index in [1.54, 1.807) is 0 Å². The molecule has 0 amide bonds. The minimum atomic E-state index is -0.587. The van der Waals surface area contributed by atoms with Crippen LogP contribution in [0.25, 0.3) is 0 Å². The van der Waals surface area contributed by atoms with E-state index in [2.05, 4.69) is 59.4 Å². The fourth-order valence-electron chi connectivity index (χ4n) is 12.0. The smallest absolute Gasteiger partial charge is 0.320 e. The van der Waals surface area contributed by atoms with Gasteiger partial charge >= 0.3 is 11.9 Å². The first kappa shape index (κ1) is 30.6. The number of hydrogen-bond donors (Lipinski definition) is 1. The fraction of sp³-hybridized carbons (Fsp3) is 0.889. The van der Waals surface area contributed by atoms with Gasteiger partial charge in [0.15, 0.2) is 0 Å². The molecule has 0 aromatic carbocycles. The number of carboxylic acid groups (broad SMARTS) is 1. The number of allylic oxidation sites excluding steroid dienone is 2. The van der Waals surface area contributed by atoms with Gasteiger partial charge in [-0.15, -0.1) is 0 Å². The Labute approximate surface area is 254 Å². The number of fused-ring (bicyclic) bond motifs is 7. The van der Waals surface area contributed by atoms with E-state index in [-0.39, 0.29) is 45.1 Å². The van der Waals surface area contributed by atoms with E-state index < -0.39 is 11.4 Å².